The maximum atomic E-state index is 12.8. The number of unbranched alkanes of at least 4 members (excludes halogenated alkanes) is 3. The summed E-state index contributed by atoms with van der Waals surface area (Å²) in [6, 6.07) is 29.9. The predicted molar refractivity (Wildman–Crippen MR) is 166 cm³/mol. The second kappa shape index (κ2) is 13.6. The fraction of sp³-hybridized carbons (Fsp3) is 0.250. The first kappa shape index (κ1) is 30.5. The molecule has 0 unspecified atom stereocenters. The number of hydrogen-bond donors (Lipinski definition) is 1. The Hall–Kier alpha value is -4.95. The number of methoxy groups -OCH3 is 2. The number of imide groups is 1. The minimum atomic E-state index is -1.14. The summed E-state index contributed by atoms with van der Waals surface area (Å²) in [5.74, 6) is -0.759. The number of carbonyl (C=O) groups excluding carboxylic acids is 2. The molecule has 8 nitrogen and oxygen atoms in total. The molecule has 0 atom stereocenters. The quantitative estimate of drug-likeness (QED) is 0.100. The second-order valence-corrected chi connectivity index (χ2v) is 10.5. The van der Waals surface area contributed by atoms with Crippen molar-refractivity contribution in [1.29, 1.82) is 0 Å². The van der Waals surface area contributed by atoms with E-state index in [9.17, 15) is 19.5 Å². The van der Waals surface area contributed by atoms with Gasteiger partial charge < -0.3 is 19.3 Å². The van der Waals surface area contributed by atoms with Crippen LogP contribution in [-0.2, 0) is 10.3 Å². The van der Waals surface area contributed by atoms with Crippen LogP contribution < -0.4 is 9.47 Å². The van der Waals surface area contributed by atoms with Gasteiger partial charge in [-0.1, -0.05) is 85.6 Å². The van der Waals surface area contributed by atoms with E-state index in [1.165, 1.54) is 23.1 Å². The molecule has 2 amide bonds. The molecule has 4 aromatic carbocycles. The molecule has 5 rings (SSSR count). The van der Waals surface area contributed by atoms with Gasteiger partial charge in [0, 0.05) is 18.7 Å². The van der Waals surface area contributed by atoms with Gasteiger partial charge in [-0.2, -0.15) is 0 Å². The lowest BCUT2D eigenvalue weighted by molar-refractivity contribution is 0.00880. The largest absolute Gasteiger partial charge is 0.493 e. The zero-order valence-corrected chi connectivity index (χ0v) is 24.8. The van der Waals surface area contributed by atoms with Gasteiger partial charge in [0.1, 0.15) is 5.60 Å². The Bertz CT molecular complexity index is 1600. The zero-order chi connectivity index (χ0) is 31.1. The number of nitrogens with zero attached hydrogens (tertiary/aromatic N) is 1. The molecule has 8 heteroatoms. The van der Waals surface area contributed by atoms with E-state index in [0.717, 1.165) is 36.0 Å². The second-order valence-electron chi connectivity index (χ2n) is 10.5. The molecule has 0 bridgehead atoms. The van der Waals surface area contributed by atoms with Crippen molar-refractivity contribution in [2.24, 2.45) is 0 Å². The number of hydrogen-bond acceptors (Lipinski definition) is 6. The van der Waals surface area contributed by atoms with E-state index in [2.05, 4.69) is 0 Å². The minimum Gasteiger partial charge on any atom is -0.493 e. The molecule has 0 spiro atoms. The van der Waals surface area contributed by atoms with E-state index >= 15 is 0 Å². The number of carboxylic acids is 1. The normalized spacial score (nSPS) is 12.7. The van der Waals surface area contributed by atoms with Crippen molar-refractivity contribution in [1.82, 2.24) is 4.90 Å². The summed E-state index contributed by atoms with van der Waals surface area (Å²) in [5, 5.41) is 9.24. The molecular weight excluding hydrogens is 558 g/mol. The smallest absolute Gasteiger partial charge is 0.335 e. The van der Waals surface area contributed by atoms with Gasteiger partial charge in [-0.15, -0.1) is 0 Å². The van der Waals surface area contributed by atoms with Crippen molar-refractivity contribution in [3.63, 3.8) is 0 Å². The molecule has 0 radical (unpaired) electrons. The maximum Gasteiger partial charge on any atom is 0.335 e. The number of rotatable bonds is 14. The molecule has 0 fully saturated rings. The van der Waals surface area contributed by atoms with E-state index in [-0.39, 0.29) is 29.1 Å². The minimum absolute atomic E-state index is 0.0135. The predicted octanol–water partition coefficient (Wildman–Crippen LogP) is 6.57. The van der Waals surface area contributed by atoms with Crippen LogP contribution in [0.25, 0.3) is 0 Å². The van der Waals surface area contributed by atoms with Crippen LogP contribution in [0.15, 0.2) is 97.1 Å². The van der Waals surface area contributed by atoms with Gasteiger partial charge in [0.05, 0.1) is 30.9 Å². The molecular formula is C36H35NO7. The maximum absolute atomic E-state index is 12.8. The summed E-state index contributed by atoms with van der Waals surface area (Å²) in [6.07, 6.45) is 2.98. The molecule has 1 aliphatic rings. The third-order valence-electron chi connectivity index (χ3n) is 7.96. The number of carbonyl (C=O) groups is 3. The highest BCUT2D eigenvalue weighted by Gasteiger charge is 2.41. The van der Waals surface area contributed by atoms with Crippen molar-refractivity contribution in [2.45, 2.75) is 31.3 Å². The van der Waals surface area contributed by atoms with Crippen LogP contribution in [0.2, 0.25) is 0 Å². The Labute approximate surface area is 256 Å². The summed E-state index contributed by atoms with van der Waals surface area (Å²) in [7, 11) is 3.24. The van der Waals surface area contributed by atoms with Gasteiger partial charge >= 0.3 is 5.97 Å². The Morgan fingerprint density at radius 2 is 1.36 bits per heavy atom. The number of para-hydroxylation sites is 1. The fourth-order valence-electron chi connectivity index (χ4n) is 5.81. The molecule has 4 aromatic rings. The van der Waals surface area contributed by atoms with Crippen molar-refractivity contribution in [2.75, 3.05) is 27.4 Å². The molecule has 1 aliphatic heterocycles. The van der Waals surface area contributed by atoms with Gasteiger partial charge in [0.25, 0.3) is 11.8 Å². The first-order valence-corrected chi connectivity index (χ1v) is 14.6. The van der Waals surface area contributed by atoms with Gasteiger partial charge in [-0.05, 0) is 48.2 Å². The van der Waals surface area contributed by atoms with Crippen LogP contribution in [0, 0.1) is 0 Å². The Kier molecular flexibility index (Phi) is 9.41. The lowest BCUT2D eigenvalue weighted by Gasteiger charge is -2.37. The summed E-state index contributed by atoms with van der Waals surface area (Å²) < 4.78 is 18.5. The molecule has 226 valence electrons. The van der Waals surface area contributed by atoms with Crippen LogP contribution in [0.4, 0.5) is 0 Å². The van der Waals surface area contributed by atoms with Gasteiger partial charge in [-0.3, -0.25) is 14.5 Å². The molecule has 0 aromatic heterocycles. The standard InChI is InChI=1S/C36H35NO7/c1-42-31-19-13-18-30(32(31)43-2)36(26-14-7-5-8-15-26,27-16-9-6-10-17-27)44-23-12-4-3-11-22-37-33(38)28-21-20-25(35(40)41)24-29(28)34(37)39/h5-10,13-21,24H,3-4,11-12,22-23H2,1-2H3,(H,40,41). The van der Waals surface area contributed by atoms with Gasteiger partial charge in [0.2, 0.25) is 0 Å². The summed E-state index contributed by atoms with van der Waals surface area (Å²) in [4.78, 5) is 38.1. The first-order chi connectivity index (χ1) is 21.4. The summed E-state index contributed by atoms with van der Waals surface area (Å²) >= 11 is 0. The van der Waals surface area contributed by atoms with Crippen LogP contribution in [0.1, 0.15) is 73.4 Å². The molecule has 0 saturated carbocycles. The highest BCUT2D eigenvalue weighted by Crippen LogP contribution is 2.47. The van der Waals surface area contributed by atoms with Crippen molar-refractivity contribution < 1.29 is 33.7 Å². The number of benzene rings is 4. The van der Waals surface area contributed by atoms with E-state index < -0.39 is 17.5 Å². The monoisotopic (exact) mass is 593 g/mol. The molecule has 0 saturated heterocycles. The molecule has 1 N–H and O–H groups in total. The fourth-order valence-corrected chi connectivity index (χ4v) is 5.81. The van der Waals surface area contributed by atoms with E-state index in [1.807, 2.05) is 78.9 Å². The van der Waals surface area contributed by atoms with Gasteiger partial charge in [-0.25, -0.2) is 4.79 Å². The van der Waals surface area contributed by atoms with E-state index in [0.29, 0.717) is 24.5 Å². The van der Waals surface area contributed by atoms with Crippen molar-refractivity contribution in [3.8, 4) is 11.5 Å². The van der Waals surface area contributed by atoms with E-state index in [1.54, 1.807) is 14.2 Å². The average molecular weight is 594 g/mol. The zero-order valence-electron chi connectivity index (χ0n) is 24.8. The summed E-state index contributed by atoms with van der Waals surface area (Å²) in [6.45, 7) is 0.712. The number of fused-ring (bicyclic) bond motifs is 1. The van der Waals surface area contributed by atoms with Crippen molar-refractivity contribution >= 4 is 17.8 Å². The Balaban J connectivity index is 1.29. The number of carboxylic acid groups (broad SMARTS) is 1. The van der Waals surface area contributed by atoms with Crippen LogP contribution in [-0.4, -0.2) is 55.2 Å². The van der Waals surface area contributed by atoms with Gasteiger partial charge in [0.15, 0.2) is 11.5 Å². The topological polar surface area (TPSA) is 102 Å². The van der Waals surface area contributed by atoms with Crippen LogP contribution in [0.3, 0.4) is 0 Å². The Morgan fingerprint density at radius 3 is 1.98 bits per heavy atom. The van der Waals surface area contributed by atoms with E-state index in [4.69, 9.17) is 14.2 Å². The lowest BCUT2D eigenvalue weighted by atomic mass is 9.79. The van der Waals surface area contributed by atoms with Crippen molar-refractivity contribution in [3.05, 3.63) is 130 Å². The highest BCUT2D eigenvalue weighted by molar-refractivity contribution is 6.21. The van der Waals surface area contributed by atoms with Crippen LogP contribution in [0.5, 0.6) is 11.5 Å². The SMILES string of the molecule is COc1cccc(C(OCCCCCCN2C(=O)c3ccc(C(=O)O)cc3C2=O)(c2ccccc2)c2ccccc2)c1OC. The number of aromatic carboxylic acids is 1. The number of amides is 2. The first-order valence-electron chi connectivity index (χ1n) is 14.6. The molecule has 1 heterocycles. The number of ether oxygens (including phenoxy) is 3. The highest BCUT2D eigenvalue weighted by atomic mass is 16.5. The summed E-state index contributed by atoms with van der Waals surface area (Å²) in [5.41, 5.74) is 2.14. The molecule has 0 aliphatic carbocycles. The lowest BCUT2D eigenvalue weighted by Crippen LogP contribution is -2.34. The third-order valence-corrected chi connectivity index (χ3v) is 7.96. The third kappa shape index (κ3) is 5.81. The Morgan fingerprint density at radius 1 is 0.727 bits per heavy atom. The van der Waals surface area contributed by atoms with Crippen LogP contribution >= 0.6 is 0 Å². The molecule has 44 heavy (non-hydrogen) atoms. The average Bonchev–Trinajstić information content (AvgIpc) is 3.30.